The first-order valence-electron chi connectivity index (χ1n) is 5.33. The number of aromatic carboxylic acids is 1. The molecule has 0 fully saturated rings. The van der Waals surface area contributed by atoms with Gasteiger partial charge in [0.05, 0.1) is 5.02 Å². The van der Waals surface area contributed by atoms with Crippen LogP contribution < -0.4 is 10.5 Å². The van der Waals surface area contributed by atoms with E-state index in [1.807, 2.05) is 0 Å². The van der Waals surface area contributed by atoms with Crippen LogP contribution >= 0.6 is 27.5 Å². The second kappa shape index (κ2) is 5.68. The van der Waals surface area contributed by atoms with Gasteiger partial charge in [0.15, 0.2) is 5.75 Å². The molecule has 2 aromatic carbocycles. The summed E-state index contributed by atoms with van der Waals surface area (Å²) in [5, 5.41) is 9.15. The number of carboxylic acid groups (broad SMARTS) is 1. The fourth-order valence-corrected chi connectivity index (χ4v) is 2.29. The van der Waals surface area contributed by atoms with Crippen LogP contribution in [0.5, 0.6) is 11.5 Å². The number of carboxylic acids is 1. The minimum absolute atomic E-state index is 0.0304. The van der Waals surface area contributed by atoms with E-state index in [0.29, 0.717) is 4.47 Å². The van der Waals surface area contributed by atoms with Crippen LogP contribution in [0, 0.1) is 5.82 Å². The lowest BCUT2D eigenvalue weighted by Crippen LogP contribution is -2.02. The van der Waals surface area contributed by atoms with Crippen LogP contribution in [0.1, 0.15) is 10.4 Å². The van der Waals surface area contributed by atoms with Gasteiger partial charge in [-0.1, -0.05) is 27.5 Å². The molecule has 4 nitrogen and oxygen atoms in total. The number of hydrogen-bond acceptors (Lipinski definition) is 3. The van der Waals surface area contributed by atoms with E-state index in [2.05, 4.69) is 15.9 Å². The summed E-state index contributed by atoms with van der Waals surface area (Å²) in [7, 11) is 0. The van der Waals surface area contributed by atoms with Crippen LogP contribution in [0.15, 0.2) is 34.8 Å². The molecule has 0 saturated heterocycles. The van der Waals surface area contributed by atoms with Gasteiger partial charge >= 0.3 is 5.97 Å². The lowest BCUT2D eigenvalue weighted by molar-refractivity contribution is 0.0694. The summed E-state index contributed by atoms with van der Waals surface area (Å²) in [6.45, 7) is 0. The van der Waals surface area contributed by atoms with Crippen molar-refractivity contribution in [1.29, 1.82) is 0 Å². The monoisotopic (exact) mass is 359 g/mol. The summed E-state index contributed by atoms with van der Waals surface area (Å²) in [5.74, 6) is -1.75. The third-order valence-corrected chi connectivity index (χ3v) is 3.09. The fourth-order valence-electron chi connectivity index (χ4n) is 1.58. The van der Waals surface area contributed by atoms with Gasteiger partial charge in [-0.15, -0.1) is 0 Å². The Kier molecular flexibility index (Phi) is 4.15. The SMILES string of the molecule is Nc1cc(Cl)c(Oc2cc(F)cc(Br)c2)c(C(=O)O)c1. The summed E-state index contributed by atoms with van der Waals surface area (Å²) < 4.78 is 19.1. The summed E-state index contributed by atoms with van der Waals surface area (Å²) in [4.78, 5) is 11.2. The van der Waals surface area contributed by atoms with Crippen LogP contribution in [0.4, 0.5) is 10.1 Å². The lowest BCUT2D eigenvalue weighted by Gasteiger charge is -2.12. The van der Waals surface area contributed by atoms with Crippen molar-refractivity contribution in [3.8, 4) is 11.5 Å². The fraction of sp³-hybridized carbons (Fsp3) is 0. The molecule has 0 atom stereocenters. The highest BCUT2D eigenvalue weighted by Gasteiger charge is 2.17. The average molecular weight is 361 g/mol. The van der Waals surface area contributed by atoms with Gasteiger partial charge in [-0.05, 0) is 24.3 Å². The molecule has 0 saturated carbocycles. The summed E-state index contributed by atoms with van der Waals surface area (Å²) in [6.07, 6.45) is 0. The molecular weight excluding hydrogens is 353 g/mol. The van der Waals surface area contributed by atoms with E-state index < -0.39 is 11.8 Å². The molecule has 3 N–H and O–H groups in total. The standard InChI is InChI=1S/C13H8BrClFNO3/c14-6-1-7(16)3-9(2-6)20-12-10(13(18)19)4-8(17)5-11(12)15/h1-5H,17H2,(H,18,19). The van der Waals surface area contributed by atoms with Gasteiger partial charge < -0.3 is 15.6 Å². The average Bonchev–Trinajstić information content (AvgIpc) is 2.30. The van der Waals surface area contributed by atoms with Crippen LogP contribution in [0.3, 0.4) is 0 Å². The van der Waals surface area contributed by atoms with Crippen molar-refractivity contribution in [3.63, 3.8) is 0 Å². The molecule has 2 rings (SSSR count). The zero-order chi connectivity index (χ0) is 14.9. The third kappa shape index (κ3) is 3.20. The molecule has 0 aliphatic carbocycles. The highest BCUT2D eigenvalue weighted by molar-refractivity contribution is 9.10. The summed E-state index contributed by atoms with van der Waals surface area (Å²) in [6, 6.07) is 6.43. The molecular formula is C13H8BrClFNO3. The molecule has 0 aliphatic rings. The van der Waals surface area contributed by atoms with Gasteiger partial charge in [-0.25, -0.2) is 9.18 Å². The number of benzene rings is 2. The van der Waals surface area contributed by atoms with Crippen molar-refractivity contribution in [2.24, 2.45) is 0 Å². The van der Waals surface area contributed by atoms with Gasteiger partial charge in [0.2, 0.25) is 0 Å². The van der Waals surface area contributed by atoms with Gasteiger partial charge in [0.25, 0.3) is 0 Å². The third-order valence-electron chi connectivity index (χ3n) is 2.35. The molecule has 0 spiro atoms. The number of carbonyl (C=O) groups is 1. The Balaban J connectivity index is 2.50. The van der Waals surface area contributed by atoms with Crippen LogP contribution in [0.2, 0.25) is 5.02 Å². The van der Waals surface area contributed by atoms with E-state index in [-0.39, 0.29) is 27.8 Å². The second-order valence-corrected chi connectivity index (χ2v) is 5.21. The van der Waals surface area contributed by atoms with Crippen molar-refractivity contribution in [1.82, 2.24) is 0 Å². The first-order chi connectivity index (χ1) is 9.36. The van der Waals surface area contributed by atoms with Crippen molar-refractivity contribution in [3.05, 3.63) is 51.2 Å². The molecule has 104 valence electrons. The predicted octanol–water partition coefficient (Wildman–Crippen LogP) is 4.31. The Morgan fingerprint density at radius 3 is 2.60 bits per heavy atom. The molecule has 0 unspecified atom stereocenters. The van der Waals surface area contributed by atoms with E-state index in [4.69, 9.17) is 27.2 Å². The van der Waals surface area contributed by atoms with E-state index >= 15 is 0 Å². The van der Waals surface area contributed by atoms with Crippen molar-refractivity contribution >= 4 is 39.2 Å². The quantitative estimate of drug-likeness (QED) is 0.800. The summed E-state index contributed by atoms with van der Waals surface area (Å²) in [5.41, 5.74) is 5.53. The maximum Gasteiger partial charge on any atom is 0.339 e. The van der Waals surface area contributed by atoms with Gasteiger partial charge in [-0.3, -0.25) is 0 Å². The number of ether oxygens (including phenoxy) is 1. The highest BCUT2D eigenvalue weighted by atomic mass is 79.9. The first kappa shape index (κ1) is 14.6. The lowest BCUT2D eigenvalue weighted by atomic mass is 10.2. The summed E-state index contributed by atoms with van der Waals surface area (Å²) >= 11 is 9.05. The maximum absolute atomic E-state index is 13.3. The smallest absolute Gasteiger partial charge is 0.339 e. The molecule has 0 amide bonds. The van der Waals surface area contributed by atoms with Crippen molar-refractivity contribution < 1.29 is 19.0 Å². The van der Waals surface area contributed by atoms with Crippen LogP contribution in [-0.2, 0) is 0 Å². The number of rotatable bonds is 3. The molecule has 2 aromatic rings. The molecule has 0 aromatic heterocycles. The van der Waals surface area contributed by atoms with Gasteiger partial charge in [0.1, 0.15) is 17.1 Å². The van der Waals surface area contributed by atoms with E-state index in [0.717, 1.165) is 6.07 Å². The van der Waals surface area contributed by atoms with Crippen molar-refractivity contribution in [2.75, 3.05) is 5.73 Å². The highest BCUT2D eigenvalue weighted by Crippen LogP contribution is 2.36. The number of anilines is 1. The van der Waals surface area contributed by atoms with Crippen LogP contribution in [0.25, 0.3) is 0 Å². The molecule has 20 heavy (non-hydrogen) atoms. The Morgan fingerprint density at radius 1 is 1.30 bits per heavy atom. The molecule has 0 aliphatic heterocycles. The topological polar surface area (TPSA) is 72.5 Å². The molecule has 0 bridgehead atoms. The Morgan fingerprint density at radius 2 is 2.00 bits per heavy atom. The first-order valence-corrected chi connectivity index (χ1v) is 6.50. The second-order valence-electron chi connectivity index (χ2n) is 3.89. The minimum Gasteiger partial charge on any atom is -0.478 e. The molecule has 7 heteroatoms. The van der Waals surface area contributed by atoms with E-state index in [1.165, 1.54) is 24.3 Å². The molecule has 0 heterocycles. The van der Waals surface area contributed by atoms with E-state index in [9.17, 15) is 9.18 Å². The maximum atomic E-state index is 13.3. The number of nitrogen functional groups attached to an aromatic ring is 1. The van der Waals surface area contributed by atoms with E-state index in [1.54, 1.807) is 0 Å². The van der Waals surface area contributed by atoms with Crippen LogP contribution in [-0.4, -0.2) is 11.1 Å². The normalized spacial score (nSPS) is 10.3. The Bertz CT molecular complexity index is 673. The zero-order valence-corrected chi connectivity index (χ0v) is 12.2. The largest absolute Gasteiger partial charge is 0.478 e. The van der Waals surface area contributed by atoms with Gasteiger partial charge in [-0.2, -0.15) is 0 Å². The van der Waals surface area contributed by atoms with Crippen molar-refractivity contribution in [2.45, 2.75) is 0 Å². The Labute approximate surface area is 127 Å². The number of hydrogen-bond donors (Lipinski definition) is 2. The zero-order valence-electron chi connectivity index (χ0n) is 9.86. The minimum atomic E-state index is -1.25. The van der Waals surface area contributed by atoms with Gasteiger partial charge in [0, 0.05) is 16.2 Å². The number of halogens is 3. The predicted molar refractivity (Wildman–Crippen MR) is 77.0 cm³/mol. The number of nitrogens with two attached hydrogens (primary N) is 1. The Hall–Kier alpha value is -1.79. The molecule has 0 radical (unpaired) electrons.